The van der Waals surface area contributed by atoms with Crippen LogP contribution in [-0.2, 0) is 23.8 Å². The maximum absolute atomic E-state index is 13.2. The van der Waals surface area contributed by atoms with E-state index in [4.69, 9.17) is 14.2 Å². The van der Waals surface area contributed by atoms with Crippen molar-refractivity contribution >= 4 is 11.9 Å². The Hall–Kier alpha value is -2.23. The van der Waals surface area contributed by atoms with E-state index in [0.29, 0.717) is 0 Å². The molecule has 1 fully saturated rings. The Labute approximate surface area is 142 Å². The van der Waals surface area contributed by atoms with E-state index in [-0.39, 0.29) is 12.2 Å². The second-order valence-corrected chi connectivity index (χ2v) is 5.66. The third kappa shape index (κ3) is 4.44. The minimum Gasteiger partial charge on any atom is -0.505 e. The summed E-state index contributed by atoms with van der Waals surface area (Å²) in [4.78, 5) is 22.3. The molecule has 25 heavy (non-hydrogen) atoms. The minimum atomic E-state index is -1.55. The fourth-order valence-electron chi connectivity index (χ4n) is 2.59. The Morgan fingerprint density at radius 2 is 1.88 bits per heavy atom. The number of esters is 2. The lowest BCUT2D eigenvalue weighted by atomic mass is 9.91. The van der Waals surface area contributed by atoms with Gasteiger partial charge in [-0.15, -0.1) is 0 Å². The maximum atomic E-state index is 13.2. The number of halogens is 1. The molecule has 8 nitrogen and oxygen atoms in total. The summed E-state index contributed by atoms with van der Waals surface area (Å²) in [6, 6.07) is 3.29. The first-order valence-corrected chi connectivity index (χ1v) is 7.51. The Morgan fingerprint density at radius 1 is 1.20 bits per heavy atom. The fraction of sp³-hybridized carbons (Fsp3) is 0.500. The zero-order chi connectivity index (χ0) is 18.7. The van der Waals surface area contributed by atoms with Gasteiger partial charge in [-0.25, -0.2) is 4.39 Å². The topological polar surface area (TPSA) is 123 Å². The van der Waals surface area contributed by atoms with Crippen molar-refractivity contribution < 1.29 is 43.5 Å². The van der Waals surface area contributed by atoms with E-state index >= 15 is 0 Å². The summed E-state index contributed by atoms with van der Waals surface area (Å²) in [6.45, 7) is 1.96. The predicted octanol–water partition coefficient (Wildman–Crippen LogP) is 0.188. The van der Waals surface area contributed by atoms with Crippen molar-refractivity contribution in [3.05, 3.63) is 29.6 Å². The van der Waals surface area contributed by atoms with Crippen molar-refractivity contribution in [1.29, 1.82) is 0 Å². The summed E-state index contributed by atoms with van der Waals surface area (Å²) in [5.74, 6) is -2.84. The summed E-state index contributed by atoms with van der Waals surface area (Å²) < 4.78 is 28.6. The lowest BCUT2D eigenvalue weighted by Gasteiger charge is -2.42. The van der Waals surface area contributed by atoms with Crippen LogP contribution in [-0.4, -0.2) is 58.3 Å². The van der Waals surface area contributed by atoms with Crippen LogP contribution in [0, 0.1) is 5.82 Å². The molecule has 1 aromatic carbocycles. The van der Waals surface area contributed by atoms with Crippen LogP contribution in [0.4, 0.5) is 4.39 Å². The van der Waals surface area contributed by atoms with Gasteiger partial charge in [-0.05, 0) is 17.7 Å². The molecule has 3 N–H and O–H groups in total. The molecule has 0 spiro atoms. The van der Waals surface area contributed by atoms with Gasteiger partial charge in [-0.3, -0.25) is 9.59 Å². The monoisotopic (exact) mass is 358 g/mol. The smallest absolute Gasteiger partial charge is 0.303 e. The highest BCUT2D eigenvalue weighted by atomic mass is 19.1. The number of phenols is 1. The summed E-state index contributed by atoms with van der Waals surface area (Å²) in [5.41, 5.74) is 0.194. The van der Waals surface area contributed by atoms with E-state index < -0.39 is 54.0 Å². The van der Waals surface area contributed by atoms with Crippen molar-refractivity contribution in [1.82, 2.24) is 0 Å². The number of aliphatic hydroxyl groups is 2. The number of hydrogen-bond acceptors (Lipinski definition) is 8. The molecule has 0 aromatic heterocycles. The van der Waals surface area contributed by atoms with E-state index in [1.807, 2.05) is 0 Å². The molecular weight excluding hydrogens is 339 g/mol. The maximum Gasteiger partial charge on any atom is 0.303 e. The summed E-state index contributed by atoms with van der Waals surface area (Å²) in [6.07, 6.45) is -6.56. The molecule has 1 heterocycles. The highest BCUT2D eigenvalue weighted by Crippen LogP contribution is 2.35. The van der Waals surface area contributed by atoms with E-state index in [2.05, 4.69) is 0 Å². The standard InChI is InChI=1S/C16H19FO8/c1-7(18)23-6-12-16(24-8(2)19)14(22)13(21)15(25-12)9-3-4-10(17)11(20)5-9/h3-5,12-16,20-22H,6H2,1-2H3/t12-,13+,14-,15-,16+/m1/s1. The molecule has 1 aromatic rings. The second-order valence-electron chi connectivity index (χ2n) is 5.66. The van der Waals surface area contributed by atoms with E-state index in [9.17, 15) is 29.3 Å². The van der Waals surface area contributed by atoms with Crippen LogP contribution in [0.5, 0.6) is 5.75 Å². The van der Waals surface area contributed by atoms with Gasteiger partial charge in [0.1, 0.15) is 31.0 Å². The Kier molecular flexibility index (Phi) is 5.93. The average Bonchev–Trinajstić information content (AvgIpc) is 2.53. The molecule has 0 unspecified atom stereocenters. The van der Waals surface area contributed by atoms with Crippen LogP contribution in [0.3, 0.4) is 0 Å². The van der Waals surface area contributed by atoms with Crippen LogP contribution < -0.4 is 0 Å². The summed E-state index contributed by atoms with van der Waals surface area (Å²) in [5, 5.41) is 30.1. The molecular formula is C16H19FO8. The SMILES string of the molecule is CC(=O)OC[C@H]1O[C@H](c2ccc(F)c(O)c2)[C@@H](O)[C@@H](O)[C@H]1OC(C)=O. The number of carbonyl (C=O) groups excluding carboxylic acids is 2. The van der Waals surface area contributed by atoms with Crippen LogP contribution in [0.2, 0.25) is 0 Å². The number of rotatable bonds is 4. The lowest BCUT2D eigenvalue weighted by molar-refractivity contribution is -0.242. The Bertz CT molecular complexity index is 649. The fourth-order valence-corrected chi connectivity index (χ4v) is 2.59. The molecule has 1 aliphatic heterocycles. The van der Waals surface area contributed by atoms with Crippen molar-refractivity contribution in [2.24, 2.45) is 0 Å². The van der Waals surface area contributed by atoms with E-state index in [1.54, 1.807) is 0 Å². The molecule has 0 saturated carbocycles. The highest BCUT2D eigenvalue weighted by Gasteiger charge is 2.47. The number of hydrogen-bond donors (Lipinski definition) is 3. The molecule has 0 aliphatic carbocycles. The normalized spacial score (nSPS) is 29.1. The third-order valence-corrected chi connectivity index (χ3v) is 3.74. The molecule has 0 bridgehead atoms. The first-order chi connectivity index (χ1) is 11.7. The number of carbonyl (C=O) groups is 2. The van der Waals surface area contributed by atoms with Gasteiger partial charge in [0.2, 0.25) is 0 Å². The molecule has 1 saturated heterocycles. The van der Waals surface area contributed by atoms with Crippen LogP contribution in [0.1, 0.15) is 25.5 Å². The minimum absolute atomic E-state index is 0.194. The molecule has 9 heteroatoms. The van der Waals surface area contributed by atoms with Gasteiger partial charge < -0.3 is 29.5 Å². The van der Waals surface area contributed by atoms with Gasteiger partial charge in [0.15, 0.2) is 17.7 Å². The average molecular weight is 358 g/mol. The molecule has 138 valence electrons. The Balaban J connectivity index is 2.28. The van der Waals surface area contributed by atoms with E-state index in [1.165, 1.54) is 13.0 Å². The van der Waals surface area contributed by atoms with Gasteiger partial charge in [-0.1, -0.05) is 6.07 Å². The van der Waals surface area contributed by atoms with Gasteiger partial charge in [0, 0.05) is 13.8 Å². The van der Waals surface area contributed by atoms with Crippen molar-refractivity contribution in [3.63, 3.8) is 0 Å². The van der Waals surface area contributed by atoms with Crippen molar-refractivity contribution in [2.75, 3.05) is 6.61 Å². The number of aromatic hydroxyl groups is 1. The number of phenolic OH excluding ortho intramolecular Hbond substituents is 1. The number of aliphatic hydroxyl groups excluding tert-OH is 2. The molecule has 5 atom stereocenters. The summed E-state index contributed by atoms with van der Waals surface area (Å²) in [7, 11) is 0. The summed E-state index contributed by atoms with van der Waals surface area (Å²) >= 11 is 0. The molecule has 2 rings (SSSR count). The quantitative estimate of drug-likeness (QED) is 0.652. The molecule has 0 radical (unpaired) electrons. The lowest BCUT2D eigenvalue weighted by Crippen LogP contribution is -2.57. The van der Waals surface area contributed by atoms with Gasteiger partial charge in [0.25, 0.3) is 0 Å². The highest BCUT2D eigenvalue weighted by molar-refractivity contribution is 5.66. The van der Waals surface area contributed by atoms with E-state index in [0.717, 1.165) is 19.1 Å². The third-order valence-electron chi connectivity index (χ3n) is 3.74. The van der Waals surface area contributed by atoms with Crippen LogP contribution >= 0.6 is 0 Å². The van der Waals surface area contributed by atoms with Crippen LogP contribution in [0.15, 0.2) is 18.2 Å². The number of ether oxygens (including phenoxy) is 3. The van der Waals surface area contributed by atoms with Crippen LogP contribution in [0.25, 0.3) is 0 Å². The first-order valence-electron chi connectivity index (χ1n) is 7.51. The zero-order valence-corrected chi connectivity index (χ0v) is 13.6. The largest absolute Gasteiger partial charge is 0.505 e. The second kappa shape index (κ2) is 7.77. The van der Waals surface area contributed by atoms with Gasteiger partial charge in [-0.2, -0.15) is 0 Å². The first kappa shape index (κ1) is 19.1. The van der Waals surface area contributed by atoms with Crippen molar-refractivity contribution in [2.45, 2.75) is 44.4 Å². The Morgan fingerprint density at radius 3 is 2.44 bits per heavy atom. The predicted molar refractivity (Wildman–Crippen MR) is 79.9 cm³/mol. The number of benzene rings is 1. The van der Waals surface area contributed by atoms with Gasteiger partial charge >= 0.3 is 11.9 Å². The molecule has 1 aliphatic rings. The molecule has 0 amide bonds. The zero-order valence-electron chi connectivity index (χ0n) is 13.6. The van der Waals surface area contributed by atoms with Gasteiger partial charge in [0.05, 0.1) is 0 Å². The van der Waals surface area contributed by atoms with Crippen molar-refractivity contribution in [3.8, 4) is 5.75 Å².